The zero-order valence-electron chi connectivity index (χ0n) is 10.4. The van der Waals surface area contributed by atoms with E-state index in [1.807, 2.05) is 0 Å². The van der Waals surface area contributed by atoms with Gasteiger partial charge in [-0.25, -0.2) is 0 Å². The Morgan fingerprint density at radius 2 is 2.00 bits per heavy atom. The van der Waals surface area contributed by atoms with E-state index in [0.29, 0.717) is 19.8 Å². The molecular weight excluding hydrogens is 220 g/mol. The fourth-order valence-corrected chi connectivity index (χ4v) is 2.13. The molecule has 5 heteroatoms. The van der Waals surface area contributed by atoms with Crippen LogP contribution in [0.4, 0.5) is 0 Å². The molecule has 0 spiro atoms. The van der Waals surface area contributed by atoms with Crippen LogP contribution in [0, 0.1) is 0 Å². The van der Waals surface area contributed by atoms with Gasteiger partial charge < -0.3 is 20.9 Å². The topological polar surface area (TPSA) is 84.6 Å². The van der Waals surface area contributed by atoms with Crippen molar-refractivity contribution in [2.45, 2.75) is 44.1 Å². The third-order valence-electron chi connectivity index (χ3n) is 3.18. The van der Waals surface area contributed by atoms with E-state index in [4.69, 9.17) is 15.6 Å². The predicted octanol–water partition coefficient (Wildman–Crippen LogP) is 0.163. The molecule has 0 unspecified atom stereocenters. The summed E-state index contributed by atoms with van der Waals surface area (Å²) in [5, 5.41) is 11.4. The van der Waals surface area contributed by atoms with E-state index in [1.165, 1.54) is 6.42 Å². The molecule has 0 bridgehead atoms. The summed E-state index contributed by atoms with van der Waals surface area (Å²) in [6, 6.07) is 0. The third-order valence-corrected chi connectivity index (χ3v) is 3.18. The normalized spacial score (nSPS) is 18.9. The second kappa shape index (κ2) is 7.63. The molecule has 100 valence electrons. The summed E-state index contributed by atoms with van der Waals surface area (Å²) in [4.78, 5) is 11.9. The predicted molar refractivity (Wildman–Crippen MR) is 65.5 cm³/mol. The van der Waals surface area contributed by atoms with E-state index in [9.17, 15) is 4.79 Å². The van der Waals surface area contributed by atoms with E-state index in [2.05, 4.69) is 5.32 Å². The summed E-state index contributed by atoms with van der Waals surface area (Å²) in [6.07, 6.45) is 5.61. The molecule has 0 saturated heterocycles. The molecule has 1 aliphatic rings. The van der Waals surface area contributed by atoms with Crippen molar-refractivity contribution in [2.24, 2.45) is 5.73 Å². The fraction of sp³-hybridized carbons (Fsp3) is 0.917. The number of nitrogens with two attached hydrogens (primary N) is 1. The van der Waals surface area contributed by atoms with Crippen LogP contribution in [-0.4, -0.2) is 42.9 Å². The van der Waals surface area contributed by atoms with Gasteiger partial charge in [-0.1, -0.05) is 19.3 Å². The van der Waals surface area contributed by atoms with Gasteiger partial charge in [0.25, 0.3) is 0 Å². The maximum atomic E-state index is 11.9. The minimum atomic E-state index is -0.649. The lowest BCUT2D eigenvalue weighted by Gasteiger charge is -2.31. The zero-order valence-corrected chi connectivity index (χ0v) is 10.4. The van der Waals surface area contributed by atoms with Crippen molar-refractivity contribution in [3.05, 3.63) is 0 Å². The Balaban J connectivity index is 2.11. The Morgan fingerprint density at radius 3 is 2.65 bits per heavy atom. The first-order chi connectivity index (χ1) is 8.19. The maximum Gasteiger partial charge on any atom is 0.240 e. The number of rotatable bonds is 7. The smallest absolute Gasteiger partial charge is 0.240 e. The van der Waals surface area contributed by atoms with Crippen molar-refractivity contribution >= 4 is 5.91 Å². The van der Waals surface area contributed by atoms with Crippen LogP contribution in [0.2, 0.25) is 0 Å². The number of nitrogens with one attached hydrogen (secondary N) is 1. The minimum Gasteiger partial charge on any atom is -0.394 e. The highest BCUT2D eigenvalue weighted by Gasteiger charge is 2.34. The highest BCUT2D eigenvalue weighted by Crippen LogP contribution is 2.25. The standard InChI is InChI=1S/C12H24N2O3/c13-12(5-2-1-3-6-12)11(16)14-7-4-9-17-10-8-15/h15H,1-10,13H2,(H,14,16). The highest BCUT2D eigenvalue weighted by molar-refractivity contribution is 5.86. The van der Waals surface area contributed by atoms with Crippen molar-refractivity contribution in [3.8, 4) is 0 Å². The number of hydrogen-bond acceptors (Lipinski definition) is 4. The second-order valence-electron chi connectivity index (χ2n) is 4.66. The molecule has 0 radical (unpaired) electrons. The molecule has 4 N–H and O–H groups in total. The number of amides is 1. The minimum absolute atomic E-state index is 0.0284. The molecule has 1 rings (SSSR count). The molecule has 0 aromatic rings. The van der Waals surface area contributed by atoms with Gasteiger partial charge in [0.2, 0.25) is 5.91 Å². The Morgan fingerprint density at radius 1 is 1.29 bits per heavy atom. The first-order valence-corrected chi connectivity index (χ1v) is 6.45. The van der Waals surface area contributed by atoms with Gasteiger partial charge in [0.15, 0.2) is 0 Å². The van der Waals surface area contributed by atoms with Crippen LogP contribution in [0.15, 0.2) is 0 Å². The maximum absolute atomic E-state index is 11.9. The van der Waals surface area contributed by atoms with Gasteiger partial charge >= 0.3 is 0 Å². The first-order valence-electron chi connectivity index (χ1n) is 6.45. The van der Waals surface area contributed by atoms with Crippen molar-refractivity contribution in [1.29, 1.82) is 0 Å². The molecule has 1 saturated carbocycles. The highest BCUT2D eigenvalue weighted by atomic mass is 16.5. The summed E-state index contributed by atoms with van der Waals surface area (Å²) in [5.41, 5.74) is 5.44. The van der Waals surface area contributed by atoms with E-state index in [1.54, 1.807) is 0 Å². The van der Waals surface area contributed by atoms with E-state index in [-0.39, 0.29) is 12.5 Å². The van der Waals surface area contributed by atoms with E-state index < -0.39 is 5.54 Å². The van der Waals surface area contributed by atoms with Crippen LogP contribution in [0.1, 0.15) is 38.5 Å². The Hall–Kier alpha value is -0.650. The lowest BCUT2D eigenvalue weighted by molar-refractivity contribution is -0.127. The van der Waals surface area contributed by atoms with Crippen LogP contribution >= 0.6 is 0 Å². The molecule has 0 heterocycles. The fourth-order valence-electron chi connectivity index (χ4n) is 2.13. The lowest BCUT2D eigenvalue weighted by Crippen LogP contribution is -2.55. The second-order valence-corrected chi connectivity index (χ2v) is 4.66. The summed E-state index contributed by atoms with van der Waals surface area (Å²) in [6.45, 7) is 1.54. The molecule has 5 nitrogen and oxygen atoms in total. The summed E-state index contributed by atoms with van der Waals surface area (Å²) >= 11 is 0. The van der Waals surface area contributed by atoms with Crippen LogP contribution in [0.5, 0.6) is 0 Å². The third kappa shape index (κ3) is 5.02. The molecule has 0 aromatic carbocycles. The van der Waals surface area contributed by atoms with Crippen molar-refractivity contribution in [3.63, 3.8) is 0 Å². The van der Waals surface area contributed by atoms with Gasteiger partial charge in [-0.05, 0) is 19.3 Å². The monoisotopic (exact) mass is 244 g/mol. The van der Waals surface area contributed by atoms with Gasteiger partial charge in [-0.3, -0.25) is 4.79 Å². The molecule has 0 aliphatic heterocycles. The summed E-state index contributed by atoms with van der Waals surface area (Å²) in [5.74, 6) is -0.0284. The quantitative estimate of drug-likeness (QED) is 0.557. The molecule has 17 heavy (non-hydrogen) atoms. The SMILES string of the molecule is NC1(C(=O)NCCCOCCO)CCCCC1. The number of carbonyl (C=O) groups is 1. The summed E-state index contributed by atoms with van der Waals surface area (Å²) < 4.78 is 5.10. The van der Waals surface area contributed by atoms with Crippen LogP contribution in [-0.2, 0) is 9.53 Å². The molecule has 0 aromatic heterocycles. The average molecular weight is 244 g/mol. The van der Waals surface area contributed by atoms with E-state index in [0.717, 1.165) is 32.1 Å². The zero-order chi connectivity index (χ0) is 12.6. The molecule has 1 amide bonds. The number of hydrogen-bond donors (Lipinski definition) is 3. The molecule has 0 atom stereocenters. The number of aliphatic hydroxyl groups excluding tert-OH is 1. The van der Waals surface area contributed by atoms with Crippen LogP contribution in [0.3, 0.4) is 0 Å². The lowest BCUT2D eigenvalue weighted by atomic mass is 9.82. The van der Waals surface area contributed by atoms with Crippen molar-refractivity contribution in [2.75, 3.05) is 26.4 Å². The van der Waals surface area contributed by atoms with Crippen LogP contribution < -0.4 is 11.1 Å². The van der Waals surface area contributed by atoms with E-state index >= 15 is 0 Å². The number of carbonyl (C=O) groups excluding carboxylic acids is 1. The van der Waals surface area contributed by atoms with Crippen LogP contribution in [0.25, 0.3) is 0 Å². The Kier molecular flexibility index (Phi) is 6.47. The largest absolute Gasteiger partial charge is 0.394 e. The average Bonchev–Trinajstić information content (AvgIpc) is 2.34. The number of aliphatic hydroxyl groups is 1. The molecule has 1 aliphatic carbocycles. The number of ether oxygens (including phenoxy) is 1. The first kappa shape index (κ1) is 14.4. The van der Waals surface area contributed by atoms with Gasteiger partial charge in [0, 0.05) is 13.2 Å². The van der Waals surface area contributed by atoms with Gasteiger partial charge in [-0.15, -0.1) is 0 Å². The molecule has 1 fully saturated rings. The summed E-state index contributed by atoms with van der Waals surface area (Å²) in [7, 11) is 0. The van der Waals surface area contributed by atoms with Gasteiger partial charge in [-0.2, -0.15) is 0 Å². The van der Waals surface area contributed by atoms with Crippen molar-refractivity contribution < 1.29 is 14.6 Å². The molecular formula is C12H24N2O3. The Labute approximate surface area is 103 Å². The Bertz CT molecular complexity index is 228. The van der Waals surface area contributed by atoms with Gasteiger partial charge in [0.05, 0.1) is 18.8 Å². The van der Waals surface area contributed by atoms with Gasteiger partial charge in [0.1, 0.15) is 0 Å². The van der Waals surface area contributed by atoms with Crippen molar-refractivity contribution in [1.82, 2.24) is 5.32 Å².